The second kappa shape index (κ2) is 12.6. The van der Waals surface area contributed by atoms with Crippen molar-refractivity contribution in [2.75, 3.05) is 6.61 Å². The summed E-state index contributed by atoms with van der Waals surface area (Å²) in [4.78, 5) is 33.7. The number of aromatic nitrogens is 2. The molecular weight excluding hydrogens is 534 g/mol. The summed E-state index contributed by atoms with van der Waals surface area (Å²) in [6.45, 7) is 3.08. The summed E-state index contributed by atoms with van der Waals surface area (Å²) < 4.78 is 21.1. The number of hydrogen-bond donors (Lipinski definition) is 2. The van der Waals surface area contributed by atoms with Crippen LogP contribution >= 0.6 is 0 Å². The molecule has 5 atom stereocenters. The van der Waals surface area contributed by atoms with Crippen molar-refractivity contribution >= 4 is 0 Å². The van der Waals surface area contributed by atoms with Crippen molar-refractivity contribution in [3.63, 3.8) is 0 Å². The van der Waals surface area contributed by atoms with Crippen LogP contribution < -0.4 is 16.7 Å². The summed E-state index contributed by atoms with van der Waals surface area (Å²) in [7, 11) is 0. The van der Waals surface area contributed by atoms with E-state index < -0.39 is 29.2 Å². The molecule has 0 radical (unpaired) electrons. The highest BCUT2D eigenvalue weighted by atomic mass is 16.6. The lowest BCUT2D eigenvalue weighted by atomic mass is 9.99. The Morgan fingerprint density at radius 1 is 0.881 bits per heavy atom. The minimum Gasteiger partial charge on any atom is -0.374 e. The van der Waals surface area contributed by atoms with Gasteiger partial charge >= 0.3 is 5.69 Å². The largest absolute Gasteiger partial charge is 0.374 e. The lowest BCUT2D eigenvalue weighted by molar-refractivity contribution is -0.172. The number of hydroxylamine groups is 1. The number of nitrogens with one attached hydrogen (secondary N) is 2. The summed E-state index contributed by atoms with van der Waals surface area (Å²) in [5, 5.41) is 0. The number of rotatable bonds is 12. The first-order valence-electron chi connectivity index (χ1n) is 14.2. The van der Waals surface area contributed by atoms with Crippen molar-refractivity contribution in [3.05, 3.63) is 140 Å². The molecule has 4 aromatic rings. The summed E-state index contributed by atoms with van der Waals surface area (Å²) in [5.74, 6) is -0.312. The van der Waals surface area contributed by atoms with Gasteiger partial charge in [0.05, 0.1) is 38.4 Å². The van der Waals surface area contributed by atoms with Crippen molar-refractivity contribution in [1.29, 1.82) is 0 Å². The molecule has 1 saturated heterocycles. The maximum absolute atomic E-state index is 13.1. The van der Waals surface area contributed by atoms with Crippen LogP contribution in [-0.4, -0.2) is 33.9 Å². The second-order valence-corrected chi connectivity index (χ2v) is 11.0. The molecule has 2 N–H and O–H groups in total. The van der Waals surface area contributed by atoms with E-state index in [1.165, 1.54) is 4.57 Å². The zero-order valence-electron chi connectivity index (χ0n) is 23.5. The van der Waals surface area contributed by atoms with Gasteiger partial charge in [0, 0.05) is 17.8 Å². The Balaban J connectivity index is 1.30. The number of nitrogens with zero attached hydrogens (tertiary/aromatic N) is 1. The van der Waals surface area contributed by atoms with Crippen LogP contribution in [0.15, 0.2) is 107 Å². The molecule has 2 aliphatic rings. The van der Waals surface area contributed by atoms with Crippen LogP contribution in [-0.2, 0) is 38.9 Å². The fourth-order valence-electron chi connectivity index (χ4n) is 6.03. The Morgan fingerprint density at radius 2 is 1.48 bits per heavy atom. The van der Waals surface area contributed by atoms with Gasteiger partial charge in [0.2, 0.25) is 0 Å². The van der Waals surface area contributed by atoms with Crippen LogP contribution in [0.25, 0.3) is 0 Å². The first-order chi connectivity index (χ1) is 20.5. The third-order valence-electron chi connectivity index (χ3n) is 8.05. The normalized spacial score (nSPS) is 24.7. The highest BCUT2D eigenvalue weighted by Crippen LogP contribution is 2.54. The van der Waals surface area contributed by atoms with E-state index in [1.54, 1.807) is 13.1 Å². The molecule has 42 heavy (non-hydrogen) atoms. The number of H-pyrrole nitrogens is 1. The Morgan fingerprint density at radius 3 is 2.12 bits per heavy atom. The van der Waals surface area contributed by atoms with Gasteiger partial charge in [-0.25, -0.2) is 4.79 Å². The van der Waals surface area contributed by atoms with Crippen LogP contribution in [0.4, 0.5) is 0 Å². The molecule has 2 bridgehead atoms. The minimum atomic E-state index is -0.865. The summed E-state index contributed by atoms with van der Waals surface area (Å²) in [5.41, 5.74) is 4.98. The molecule has 218 valence electrons. The van der Waals surface area contributed by atoms with E-state index in [1.807, 2.05) is 91.0 Å². The van der Waals surface area contributed by atoms with Crippen LogP contribution in [0.1, 0.15) is 34.9 Å². The molecule has 1 aromatic heterocycles. The Kier molecular flexibility index (Phi) is 8.46. The molecular formula is C33H35N3O6. The highest BCUT2D eigenvalue weighted by Gasteiger charge is 2.66. The quantitative estimate of drug-likeness (QED) is 0.248. The van der Waals surface area contributed by atoms with Gasteiger partial charge < -0.3 is 14.2 Å². The SMILES string of the molecule is Cc1cn([C@@H]2O[C@@]3(COCc4ccccc4)C[C@@H](NOCc4ccccc4)C2[C@@H]3OCc2ccccc2)c(=O)[nH]c1=O. The highest BCUT2D eigenvalue weighted by molar-refractivity contribution is 5.18. The van der Waals surface area contributed by atoms with Crippen molar-refractivity contribution < 1.29 is 19.0 Å². The molecule has 0 amide bonds. The van der Waals surface area contributed by atoms with E-state index in [0.29, 0.717) is 31.8 Å². The zero-order valence-corrected chi connectivity index (χ0v) is 23.5. The molecule has 1 unspecified atom stereocenters. The summed E-state index contributed by atoms with van der Waals surface area (Å²) in [6.07, 6.45) is 0.978. The average molecular weight is 570 g/mol. The van der Waals surface area contributed by atoms with Crippen molar-refractivity contribution in [3.8, 4) is 0 Å². The molecule has 9 nitrogen and oxygen atoms in total. The fourth-order valence-corrected chi connectivity index (χ4v) is 6.03. The van der Waals surface area contributed by atoms with E-state index in [4.69, 9.17) is 19.0 Å². The number of aromatic amines is 1. The molecule has 2 fully saturated rings. The lowest BCUT2D eigenvalue weighted by Gasteiger charge is -2.35. The summed E-state index contributed by atoms with van der Waals surface area (Å²) in [6, 6.07) is 29.6. The molecule has 3 aromatic carbocycles. The maximum Gasteiger partial charge on any atom is 0.330 e. The smallest absolute Gasteiger partial charge is 0.330 e. The van der Waals surface area contributed by atoms with Gasteiger partial charge in [-0.05, 0) is 30.0 Å². The number of fused-ring (bicyclic) bond motifs is 2. The topological polar surface area (TPSA) is 104 Å². The zero-order chi connectivity index (χ0) is 28.9. The summed E-state index contributed by atoms with van der Waals surface area (Å²) >= 11 is 0. The van der Waals surface area contributed by atoms with Crippen LogP contribution in [0.3, 0.4) is 0 Å². The number of benzene rings is 3. The van der Waals surface area contributed by atoms with Gasteiger partial charge in [0.25, 0.3) is 5.56 Å². The predicted molar refractivity (Wildman–Crippen MR) is 156 cm³/mol. The van der Waals surface area contributed by atoms with E-state index in [9.17, 15) is 9.59 Å². The van der Waals surface area contributed by atoms with E-state index >= 15 is 0 Å². The number of aryl methyl sites for hydroxylation is 1. The Labute approximate surface area is 244 Å². The Hall–Kier alpha value is -3.86. The average Bonchev–Trinajstić information content (AvgIpc) is 3.48. The molecule has 1 saturated carbocycles. The molecule has 6 rings (SSSR count). The van der Waals surface area contributed by atoms with Gasteiger partial charge in [0.15, 0.2) is 0 Å². The van der Waals surface area contributed by atoms with E-state index in [-0.39, 0.29) is 18.6 Å². The number of hydrogen-bond acceptors (Lipinski definition) is 7. The Bertz CT molecular complexity index is 1580. The molecule has 9 heteroatoms. The van der Waals surface area contributed by atoms with Crippen LogP contribution in [0.5, 0.6) is 0 Å². The monoisotopic (exact) mass is 569 g/mol. The van der Waals surface area contributed by atoms with Gasteiger partial charge in [-0.3, -0.25) is 19.2 Å². The van der Waals surface area contributed by atoms with Crippen LogP contribution in [0, 0.1) is 12.8 Å². The standard InChI is InChI=1S/C33H35N3O6/c1-23-18-36(32(38)34-30(23)37)31-28-27(35-41-21-26-15-9-4-10-16-26)17-33(42-31,22-39-19-24-11-5-2-6-12-24)29(28)40-20-25-13-7-3-8-14-25/h2-16,18,27-29,31,35H,17,19-22H2,1H3,(H,34,37,38)/t27-,28?,29+,31-,33-/m1/s1. The maximum atomic E-state index is 13.1. The fraction of sp³-hybridized carbons (Fsp3) is 0.333. The number of ether oxygens (including phenoxy) is 3. The third-order valence-corrected chi connectivity index (χ3v) is 8.05. The minimum absolute atomic E-state index is 0.215. The van der Waals surface area contributed by atoms with Gasteiger partial charge in [-0.15, -0.1) is 0 Å². The first kappa shape index (κ1) is 28.3. The second-order valence-electron chi connectivity index (χ2n) is 11.0. The van der Waals surface area contributed by atoms with E-state index in [0.717, 1.165) is 16.7 Å². The molecule has 1 aliphatic heterocycles. The predicted octanol–water partition coefficient (Wildman–Crippen LogP) is 4.02. The molecule has 0 spiro atoms. The van der Waals surface area contributed by atoms with Crippen molar-refractivity contribution in [2.24, 2.45) is 5.92 Å². The molecule has 1 aliphatic carbocycles. The van der Waals surface area contributed by atoms with Gasteiger partial charge in [0.1, 0.15) is 11.8 Å². The van der Waals surface area contributed by atoms with E-state index in [2.05, 4.69) is 10.5 Å². The van der Waals surface area contributed by atoms with Crippen molar-refractivity contribution in [1.82, 2.24) is 15.0 Å². The first-order valence-corrected chi connectivity index (χ1v) is 14.2. The molecule has 2 heterocycles. The third kappa shape index (κ3) is 6.01. The lowest BCUT2D eigenvalue weighted by Crippen LogP contribution is -2.47. The van der Waals surface area contributed by atoms with Gasteiger partial charge in [-0.1, -0.05) is 91.0 Å². The van der Waals surface area contributed by atoms with Gasteiger partial charge in [-0.2, -0.15) is 5.48 Å². The van der Waals surface area contributed by atoms with Crippen LogP contribution in [0.2, 0.25) is 0 Å². The van der Waals surface area contributed by atoms with Crippen molar-refractivity contribution in [2.45, 2.75) is 57.1 Å².